The summed E-state index contributed by atoms with van der Waals surface area (Å²) in [5.41, 5.74) is 1.34. The Labute approximate surface area is 125 Å². The molecule has 16 heavy (non-hydrogen) atoms. The fourth-order valence-electron chi connectivity index (χ4n) is 1.41. The van der Waals surface area contributed by atoms with E-state index in [2.05, 4.69) is 83.2 Å². The lowest BCUT2D eigenvalue weighted by molar-refractivity contribution is 0.312. The third kappa shape index (κ3) is 4.37. The van der Waals surface area contributed by atoms with E-state index in [0.29, 0.717) is 0 Å². The van der Waals surface area contributed by atoms with Crippen LogP contribution < -0.4 is 4.74 Å². The van der Waals surface area contributed by atoms with Crippen molar-refractivity contribution in [3.05, 3.63) is 24.8 Å². The molecule has 0 aliphatic carbocycles. The topological polar surface area (TPSA) is 12.5 Å². The standard InChI is InChI=1S/C12H17I2NO/c1-4-5-16-12-10(13)6-9(7-11(12)14)8-15(2)3/h6-7H,4-5,8H2,1-3H3. The number of rotatable bonds is 5. The van der Waals surface area contributed by atoms with Gasteiger partial charge in [-0.3, -0.25) is 0 Å². The molecule has 0 radical (unpaired) electrons. The smallest absolute Gasteiger partial charge is 0.145 e. The summed E-state index contributed by atoms with van der Waals surface area (Å²) in [4.78, 5) is 2.17. The second-order valence-corrected chi connectivity index (χ2v) is 6.30. The minimum absolute atomic E-state index is 0.791. The van der Waals surface area contributed by atoms with Crippen molar-refractivity contribution < 1.29 is 4.74 Å². The third-order valence-corrected chi connectivity index (χ3v) is 3.61. The van der Waals surface area contributed by atoms with Crippen LogP contribution in [0.25, 0.3) is 0 Å². The molecule has 0 atom stereocenters. The molecule has 0 fully saturated rings. The number of benzene rings is 1. The highest BCUT2D eigenvalue weighted by molar-refractivity contribution is 14.1. The van der Waals surface area contributed by atoms with Crippen LogP contribution in [-0.4, -0.2) is 25.6 Å². The zero-order chi connectivity index (χ0) is 12.1. The lowest BCUT2D eigenvalue weighted by Crippen LogP contribution is -2.11. The van der Waals surface area contributed by atoms with Gasteiger partial charge in [0, 0.05) is 6.54 Å². The summed E-state index contributed by atoms with van der Waals surface area (Å²) >= 11 is 4.70. The molecule has 0 saturated heterocycles. The molecule has 0 aromatic heterocycles. The molecule has 2 nitrogen and oxygen atoms in total. The van der Waals surface area contributed by atoms with Gasteiger partial charge in [-0.15, -0.1) is 0 Å². The van der Waals surface area contributed by atoms with Gasteiger partial charge in [-0.1, -0.05) is 6.92 Å². The molecule has 1 aromatic rings. The molecule has 0 heterocycles. The summed E-state index contributed by atoms with van der Waals surface area (Å²) in [5.74, 6) is 1.03. The Morgan fingerprint density at radius 1 is 1.19 bits per heavy atom. The van der Waals surface area contributed by atoms with Gasteiger partial charge in [0.15, 0.2) is 0 Å². The maximum absolute atomic E-state index is 5.75. The van der Waals surface area contributed by atoms with Gasteiger partial charge < -0.3 is 9.64 Å². The van der Waals surface area contributed by atoms with Gasteiger partial charge in [0.05, 0.1) is 13.7 Å². The molecule has 1 aromatic carbocycles. The van der Waals surface area contributed by atoms with Crippen LogP contribution in [0.5, 0.6) is 5.75 Å². The summed E-state index contributed by atoms with van der Waals surface area (Å²) < 4.78 is 8.16. The second kappa shape index (κ2) is 7.00. The van der Waals surface area contributed by atoms with Crippen LogP contribution in [0.3, 0.4) is 0 Å². The lowest BCUT2D eigenvalue weighted by Gasteiger charge is -2.14. The van der Waals surface area contributed by atoms with Crippen molar-refractivity contribution in [3.63, 3.8) is 0 Å². The zero-order valence-corrected chi connectivity index (χ0v) is 14.2. The minimum Gasteiger partial charge on any atom is -0.491 e. The molecular weight excluding hydrogens is 428 g/mol. The van der Waals surface area contributed by atoms with E-state index in [1.807, 2.05) is 0 Å². The minimum atomic E-state index is 0.791. The molecule has 90 valence electrons. The number of ether oxygens (including phenoxy) is 1. The van der Waals surface area contributed by atoms with Crippen LogP contribution in [-0.2, 0) is 6.54 Å². The van der Waals surface area contributed by atoms with Crippen LogP contribution in [0.15, 0.2) is 12.1 Å². The first-order valence-electron chi connectivity index (χ1n) is 5.30. The summed E-state index contributed by atoms with van der Waals surface area (Å²) in [6.45, 7) is 3.89. The van der Waals surface area contributed by atoms with Gasteiger partial charge in [0.2, 0.25) is 0 Å². The van der Waals surface area contributed by atoms with Crippen molar-refractivity contribution in [1.82, 2.24) is 4.90 Å². The Hall–Kier alpha value is 0.440. The van der Waals surface area contributed by atoms with Crippen molar-refractivity contribution in [2.75, 3.05) is 20.7 Å². The van der Waals surface area contributed by atoms with Gasteiger partial charge in [0.25, 0.3) is 0 Å². The van der Waals surface area contributed by atoms with Crippen molar-refractivity contribution in [2.45, 2.75) is 19.9 Å². The Balaban J connectivity index is 2.89. The van der Waals surface area contributed by atoms with Gasteiger partial charge >= 0.3 is 0 Å². The van der Waals surface area contributed by atoms with Gasteiger partial charge in [-0.05, 0) is 83.4 Å². The highest BCUT2D eigenvalue weighted by Crippen LogP contribution is 2.29. The van der Waals surface area contributed by atoms with E-state index in [1.54, 1.807) is 0 Å². The van der Waals surface area contributed by atoms with E-state index in [4.69, 9.17) is 4.74 Å². The molecule has 0 aliphatic rings. The van der Waals surface area contributed by atoms with Crippen molar-refractivity contribution >= 4 is 45.2 Å². The van der Waals surface area contributed by atoms with Crippen LogP contribution >= 0.6 is 45.2 Å². The summed E-state index contributed by atoms with van der Waals surface area (Å²) in [6, 6.07) is 4.40. The summed E-state index contributed by atoms with van der Waals surface area (Å²) in [5, 5.41) is 0. The SMILES string of the molecule is CCCOc1c(I)cc(CN(C)C)cc1I. The average Bonchev–Trinajstić information content (AvgIpc) is 2.15. The van der Waals surface area contributed by atoms with E-state index < -0.39 is 0 Å². The number of nitrogens with zero attached hydrogens (tertiary/aromatic N) is 1. The largest absolute Gasteiger partial charge is 0.491 e. The molecule has 0 saturated carbocycles. The first-order chi connectivity index (χ1) is 7.54. The highest BCUT2D eigenvalue weighted by atomic mass is 127. The lowest BCUT2D eigenvalue weighted by atomic mass is 10.2. The first kappa shape index (κ1) is 14.5. The third-order valence-electron chi connectivity index (χ3n) is 2.01. The van der Waals surface area contributed by atoms with E-state index in [1.165, 1.54) is 12.7 Å². The molecule has 0 spiro atoms. The van der Waals surface area contributed by atoms with E-state index in [9.17, 15) is 0 Å². The fourth-order valence-corrected chi connectivity index (χ4v) is 3.62. The molecule has 0 aliphatic heterocycles. The quantitative estimate of drug-likeness (QED) is 0.641. The molecule has 4 heteroatoms. The predicted molar refractivity (Wildman–Crippen MR) is 85.1 cm³/mol. The summed E-state index contributed by atoms with van der Waals surface area (Å²) in [6.07, 6.45) is 1.05. The molecule has 0 unspecified atom stereocenters. The van der Waals surface area contributed by atoms with Gasteiger partial charge in [0.1, 0.15) is 5.75 Å². The van der Waals surface area contributed by atoms with Crippen molar-refractivity contribution in [1.29, 1.82) is 0 Å². The van der Waals surface area contributed by atoms with Crippen LogP contribution in [0.4, 0.5) is 0 Å². The zero-order valence-electron chi connectivity index (χ0n) is 9.89. The Bertz CT molecular complexity index is 330. The van der Waals surface area contributed by atoms with Crippen LogP contribution in [0.2, 0.25) is 0 Å². The number of hydrogen-bond donors (Lipinski definition) is 0. The molecule has 0 bridgehead atoms. The maximum atomic E-state index is 5.75. The Morgan fingerprint density at radius 3 is 2.19 bits per heavy atom. The monoisotopic (exact) mass is 445 g/mol. The number of hydrogen-bond acceptors (Lipinski definition) is 2. The normalized spacial score (nSPS) is 10.9. The first-order valence-corrected chi connectivity index (χ1v) is 7.45. The Kier molecular flexibility index (Phi) is 6.35. The van der Waals surface area contributed by atoms with Gasteiger partial charge in [-0.25, -0.2) is 0 Å². The Morgan fingerprint density at radius 2 is 1.75 bits per heavy atom. The van der Waals surface area contributed by atoms with Crippen LogP contribution in [0, 0.1) is 7.14 Å². The number of halogens is 2. The average molecular weight is 445 g/mol. The molecular formula is C12H17I2NO. The molecule has 1 rings (SSSR count). The summed E-state index contributed by atoms with van der Waals surface area (Å²) in [7, 11) is 4.17. The molecule has 0 amide bonds. The van der Waals surface area contributed by atoms with Crippen LogP contribution in [0.1, 0.15) is 18.9 Å². The maximum Gasteiger partial charge on any atom is 0.145 e. The predicted octanol–water partition coefficient (Wildman–Crippen LogP) is 3.75. The van der Waals surface area contributed by atoms with Gasteiger partial charge in [-0.2, -0.15) is 0 Å². The highest BCUT2D eigenvalue weighted by Gasteiger charge is 2.08. The molecule has 0 N–H and O–H groups in total. The fraction of sp³-hybridized carbons (Fsp3) is 0.500. The van der Waals surface area contributed by atoms with E-state index in [0.717, 1.165) is 25.3 Å². The second-order valence-electron chi connectivity index (χ2n) is 3.97. The van der Waals surface area contributed by atoms with E-state index >= 15 is 0 Å². The van der Waals surface area contributed by atoms with Crippen molar-refractivity contribution in [3.8, 4) is 5.75 Å². The van der Waals surface area contributed by atoms with Crippen molar-refractivity contribution in [2.24, 2.45) is 0 Å². The van der Waals surface area contributed by atoms with E-state index in [-0.39, 0.29) is 0 Å².